The van der Waals surface area contributed by atoms with Gasteiger partial charge in [-0.3, -0.25) is 0 Å². The summed E-state index contributed by atoms with van der Waals surface area (Å²) in [5, 5.41) is 13.2. The van der Waals surface area contributed by atoms with Crippen LogP contribution < -0.4 is 10.5 Å². The number of hydrogen-bond acceptors (Lipinski definition) is 4. The van der Waals surface area contributed by atoms with Crippen molar-refractivity contribution in [1.82, 2.24) is 9.78 Å². The first kappa shape index (κ1) is 11.2. The maximum Gasteiger partial charge on any atom is 0.157 e. The van der Waals surface area contributed by atoms with Crippen molar-refractivity contribution in [2.45, 2.75) is 6.54 Å². The summed E-state index contributed by atoms with van der Waals surface area (Å²) in [5.41, 5.74) is 7.71. The minimum atomic E-state index is 0.414. The monoisotopic (exact) mass is 228 g/mol. The van der Waals surface area contributed by atoms with Crippen LogP contribution in [0.5, 0.6) is 5.75 Å². The molecule has 0 saturated carbocycles. The number of aromatic nitrogens is 2. The van der Waals surface area contributed by atoms with Crippen molar-refractivity contribution in [1.29, 1.82) is 5.26 Å². The molecule has 0 bridgehead atoms. The Kier molecular flexibility index (Phi) is 3.08. The Labute approximate surface area is 99.0 Å². The van der Waals surface area contributed by atoms with Crippen molar-refractivity contribution in [3.05, 3.63) is 41.7 Å². The molecule has 1 heterocycles. The highest BCUT2D eigenvalue weighted by molar-refractivity contribution is 5.50. The van der Waals surface area contributed by atoms with Crippen LogP contribution in [-0.4, -0.2) is 16.9 Å². The zero-order valence-electron chi connectivity index (χ0n) is 9.42. The zero-order chi connectivity index (χ0) is 12.3. The van der Waals surface area contributed by atoms with E-state index in [1.807, 2.05) is 12.1 Å². The normalized spacial score (nSPS) is 9.94. The van der Waals surface area contributed by atoms with Gasteiger partial charge in [-0.25, -0.2) is 4.68 Å². The smallest absolute Gasteiger partial charge is 0.157 e. The number of benzene rings is 1. The third-order valence-corrected chi connectivity index (χ3v) is 2.46. The van der Waals surface area contributed by atoms with Crippen LogP contribution in [-0.2, 0) is 6.54 Å². The topological polar surface area (TPSA) is 76.9 Å². The number of nitriles is 1. The Morgan fingerprint density at radius 1 is 1.53 bits per heavy atom. The maximum absolute atomic E-state index is 9.10. The first-order chi connectivity index (χ1) is 8.28. The van der Waals surface area contributed by atoms with Gasteiger partial charge in [0, 0.05) is 6.54 Å². The van der Waals surface area contributed by atoms with E-state index in [9.17, 15) is 0 Å². The Morgan fingerprint density at radius 2 is 2.35 bits per heavy atom. The molecule has 2 rings (SSSR count). The SMILES string of the molecule is COc1cnn(-c2ccc(CN)cc2C#N)c1. The van der Waals surface area contributed by atoms with Gasteiger partial charge in [0.05, 0.1) is 30.8 Å². The first-order valence-corrected chi connectivity index (χ1v) is 5.10. The van der Waals surface area contributed by atoms with E-state index in [0.717, 1.165) is 5.56 Å². The number of nitrogens with zero attached hydrogens (tertiary/aromatic N) is 3. The van der Waals surface area contributed by atoms with Crippen molar-refractivity contribution in [3.63, 3.8) is 0 Å². The molecule has 0 aliphatic rings. The van der Waals surface area contributed by atoms with Crippen LogP contribution in [0.4, 0.5) is 0 Å². The molecule has 0 unspecified atom stereocenters. The highest BCUT2D eigenvalue weighted by Gasteiger charge is 2.07. The van der Waals surface area contributed by atoms with Crippen molar-refractivity contribution >= 4 is 0 Å². The molecule has 0 amide bonds. The van der Waals surface area contributed by atoms with Gasteiger partial charge < -0.3 is 10.5 Å². The van der Waals surface area contributed by atoms with Gasteiger partial charge in [-0.15, -0.1) is 0 Å². The van der Waals surface area contributed by atoms with Gasteiger partial charge in [0.2, 0.25) is 0 Å². The lowest BCUT2D eigenvalue weighted by Crippen LogP contribution is -2.01. The van der Waals surface area contributed by atoms with Crippen LogP contribution in [0.2, 0.25) is 0 Å². The fraction of sp³-hybridized carbons (Fsp3) is 0.167. The minimum absolute atomic E-state index is 0.414. The van der Waals surface area contributed by atoms with E-state index in [-0.39, 0.29) is 0 Å². The van der Waals surface area contributed by atoms with Gasteiger partial charge in [0.25, 0.3) is 0 Å². The lowest BCUT2D eigenvalue weighted by atomic mass is 10.1. The summed E-state index contributed by atoms with van der Waals surface area (Å²) in [6.45, 7) is 0.414. The molecule has 2 aromatic rings. The molecule has 0 fully saturated rings. The van der Waals surface area contributed by atoms with Crippen LogP contribution in [0, 0.1) is 11.3 Å². The summed E-state index contributed by atoms with van der Waals surface area (Å²) in [6, 6.07) is 7.61. The lowest BCUT2D eigenvalue weighted by Gasteiger charge is -2.05. The van der Waals surface area contributed by atoms with E-state index in [2.05, 4.69) is 11.2 Å². The van der Waals surface area contributed by atoms with Gasteiger partial charge in [-0.05, 0) is 17.7 Å². The van der Waals surface area contributed by atoms with Gasteiger partial charge >= 0.3 is 0 Å². The summed E-state index contributed by atoms with van der Waals surface area (Å²) in [5.74, 6) is 0.650. The van der Waals surface area contributed by atoms with Crippen LogP contribution in [0.3, 0.4) is 0 Å². The quantitative estimate of drug-likeness (QED) is 0.856. The number of ether oxygens (including phenoxy) is 1. The van der Waals surface area contributed by atoms with Crippen LogP contribution >= 0.6 is 0 Å². The Balaban J connectivity index is 2.48. The van der Waals surface area contributed by atoms with Crippen molar-refractivity contribution in [2.24, 2.45) is 5.73 Å². The third-order valence-electron chi connectivity index (χ3n) is 2.46. The first-order valence-electron chi connectivity index (χ1n) is 5.10. The molecule has 0 atom stereocenters. The predicted molar refractivity (Wildman–Crippen MR) is 62.7 cm³/mol. The summed E-state index contributed by atoms with van der Waals surface area (Å²) in [6.07, 6.45) is 3.32. The second-order valence-corrected chi connectivity index (χ2v) is 3.49. The van der Waals surface area contributed by atoms with E-state index in [1.54, 1.807) is 30.3 Å². The molecule has 0 aliphatic heterocycles. The van der Waals surface area contributed by atoms with Gasteiger partial charge in [-0.2, -0.15) is 10.4 Å². The Morgan fingerprint density at radius 3 is 2.94 bits per heavy atom. The molecular weight excluding hydrogens is 216 g/mol. The summed E-state index contributed by atoms with van der Waals surface area (Å²) in [7, 11) is 1.57. The molecular formula is C12H12N4O. The van der Waals surface area contributed by atoms with Gasteiger partial charge in [0.15, 0.2) is 5.75 Å². The molecule has 1 aromatic heterocycles. The second kappa shape index (κ2) is 4.68. The predicted octanol–water partition coefficient (Wildman–Crippen LogP) is 1.21. The third kappa shape index (κ3) is 2.12. The highest BCUT2D eigenvalue weighted by atomic mass is 16.5. The Bertz CT molecular complexity index is 568. The van der Waals surface area contributed by atoms with Gasteiger partial charge in [0.1, 0.15) is 6.07 Å². The molecule has 0 spiro atoms. The molecule has 2 N–H and O–H groups in total. The van der Waals surface area contributed by atoms with Crippen LogP contribution in [0.25, 0.3) is 5.69 Å². The molecule has 17 heavy (non-hydrogen) atoms. The van der Waals surface area contributed by atoms with E-state index < -0.39 is 0 Å². The second-order valence-electron chi connectivity index (χ2n) is 3.49. The largest absolute Gasteiger partial charge is 0.493 e. The molecule has 5 nitrogen and oxygen atoms in total. The number of methoxy groups -OCH3 is 1. The van der Waals surface area contributed by atoms with Crippen LogP contribution in [0.15, 0.2) is 30.6 Å². The molecule has 86 valence electrons. The number of hydrogen-bond donors (Lipinski definition) is 1. The van der Waals surface area contributed by atoms with E-state index >= 15 is 0 Å². The maximum atomic E-state index is 9.10. The molecule has 0 radical (unpaired) electrons. The standard InChI is InChI=1S/C12H12N4O/c1-17-11-7-15-16(8-11)12-3-2-9(5-13)4-10(12)6-14/h2-4,7-8H,5,13H2,1H3. The van der Waals surface area contributed by atoms with Gasteiger partial charge in [-0.1, -0.05) is 6.07 Å². The van der Waals surface area contributed by atoms with Crippen molar-refractivity contribution in [2.75, 3.05) is 7.11 Å². The van der Waals surface area contributed by atoms with Crippen molar-refractivity contribution < 1.29 is 4.74 Å². The Hall–Kier alpha value is -2.32. The summed E-state index contributed by atoms with van der Waals surface area (Å²) >= 11 is 0. The fourth-order valence-corrected chi connectivity index (χ4v) is 1.54. The van der Waals surface area contributed by atoms with E-state index in [1.165, 1.54) is 0 Å². The molecule has 1 aromatic carbocycles. The molecule has 5 heteroatoms. The molecule has 0 aliphatic carbocycles. The zero-order valence-corrected chi connectivity index (χ0v) is 9.42. The summed E-state index contributed by atoms with van der Waals surface area (Å²) in [4.78, 5) is 0. The average Bonchev–Trinajstić information content (AvgIpc) is 2.86. The highest BCUT2D eigenvalue weighted by Crippen LogP contribution is 2.18. The van der Waals surface area contributed by atoms with Crippen molar-refractivity contribution in [3.8, 4) is 17.5 Å². The number of rotatable bonds is 3. The lowest BCUT2D eigenvalue weighted by molar-refractivity contribution is 0.414. The number of nitrogens with two attached hydrogens (primary N) is 1. The minimum Gasteiger partial charge on any atom is -0.493 e. The average molecular weight is 228 g/mol. The summed E-state index contributed by atoms with van der Waals surface area (Å²) < 4.78 is 6.66. The molecule has 0 saturated heterocycles. The van der Waals surface area contributed by atoms with Crippen LogP contribution in [0.1, 0.15) is 11.1 Å². The fourth-order valence-electron chi connectivity index (χ4n) is 1.54. The van der Waals surface area contributed by atoms with E-state index in [4.69, 9.17) is 15.7 Å². The van der Waals surface area contributed by atoms with E-state index in [0.29, 0.717) is 23.5 Å².